The van der Waals surface area contributed by atoms with Crippen molar-refractivity contribution in [1.82, 2.24) is 9.97 Å². The van der Waals surface area contributed by atoms with Gasteiger partial charge in [0, 0.05) is 0 Å². The Labute approximate surface area is 150 Å². The van der Waals surface area contributed by atoms with E-state index in [2.05, 4.69) is 15.3 Å². The van der Waals surface area contributed by atoms with Gasteiger partial charge in [-0.05, 0) is 44.5 Å². The fraction of sp³-hybridized carbons (Fsp3) is 0.333. The summed E-state index contributed by atoms with van der Waals surface area (Å²) in [7, 11) is -3.52. The number of hydrogen-bond donors (Lipinski definition) is 2. The molecule has 9 heteroatoms. The van der Waals surface area contributed by atoms with Crippen LogP contribution in [0.2, 0.25) is 10.4 Å². The van der Waals surface area contributed by atoms with Gasteiger partial charge in [-0.15, -0.1) is 0 Å². The number of para-hydroxylation sites is 1. The number of sulfone groups is 1. The minimum absolute atomic E-state index is 0.00306. The van der Waals surface area contributed by atoms with E-state index < -0.39 is 21.2 Å². The molecule has 0 aliphatic heterocycles. The van der Waals surface area contributed by atoms with Gasteiger partial charge < -0.3 is 10.4 Å². The Kier molecular flexibility index (Phi) is 5.70. The molecule has 1 aromatic carbocycles. The first-order valence-corrected chi connectivity index (χ1v) is 9.45. The number of aromatic nitrogens is 2. The molecule has 0 aliphatic rings. The average molecular weight is 390 g/mol. The van der Waals surface area contributed by atoms with Gasteiger partial charge in [0.15, 0.2) is 9.84 Å². The number of benzene rings is 1. The fourth-order valence-corrected chi connectivity index (χ4v) is 3.82. The first kappa shape index (κ1) is 18.9. The Balaban J connectivity index is 2.59. The maximum atomic E-state index is 12.5. The van der Waals surface area contributed by atoms with Gasteiger partial charge in [0.05, 0.1) is 27.5 Å². The standard InChI is InChI=1S/C15H17Cl2N3O3S/c1-8(2)24(22,23)11-7-5-4-6-10(11)18-14-12(9(3)21)13(16)19-15(17)20-14/h4-9,21H,1-3H3,(H,18,19,20). The quantitative estimate of drug-likeness (QED) is 0.597. The lowest BCUT2D eigenvalue weighted by Gasteiger charge is -2.17. The molecular formula is C15H17Cl2N3O3S. The van der Waals surface area contributed by atoms with Crippen LogP contribution in [0.15, 0.2) is 29.2 Å². The summed E-state index contributed by atoms with van der Waals surface area (Å²) in [5.74, 6) is 0.154. The Bertz CT molecular complexity index is 855. The zero-order valence-corrected chi connectivity index (χ0v) is 15.6. The van der Waals surface area contributed by atoms with E-state index in [-0.39, 0.29) is 26.7 Å². The Morgan fingerprint density at radius 1 is 1.12 bits per heavy atom. The van der Waals surface area contributed by atoms with E-state index in [4.69, 9.17) is 23.2 Å². The van der Waals surface area contributed by atoms with Crippen LogP contribution in [-0.2, 0) is 9.84 Å². The molecule has 0 bridgehead atoms. The highest BCUT2D eigenvalue weighted by Gasteiger charge is 2.24. The van der Waals surface area contributed by atoms with Crippen molar-refractivity contribution in [2.24, 2.45) is 0 Å². The van der Waals surface area contributed by atoms with E-state index in [0.717, 1.165) is 0 Å². The smallest absolute Gasteiger partial charge is 0.225 e. The lowest BCUT2D eigenvalue weighted by Crippen LogP contribution is -2.16. The second kappa shape index (κ2) is 7.23. The molecule has 0 radical (unpaired) electrons. The summed E-state index contributed by atoms with van der Waals surface area (Å²) >= 11 is 11.8. The minimum atomic E-state index is -3.52. The first-order chi connectivity index (χ1) is 11.1. The molecule has 2 N–H and O–H groups in total. The van der Waals surface area contributed by atoms with Gasteiger partial charge in [0.1, 0.15) is 11.0 Å². The Morgan fingerprint density at radius 2 is 1.75 bits per heavy atom. The number of hydrogen-bond acceptors (Lipinski definition) is 6. The molecule has 0 aliphatic carbocycles. The van der Waals surface area contributed by atoms with Crippen LogP contribution in [0, 0.1) is 0 Å². The highest BCUT2D eigenvalue weighted by molar-refractivity contribution is 7.92. The number of aliphatic hydroxyl groups excluding tert-OH is 1. The monoisotopic (exact) mass is 389 g/mol. The summed E-state index contributed by atoms with van der Waals surface area (Å²) in [5, 5.41) is 12.1. The van der Waals surface area contributed by atoms with Crippen LogP contribution in [0.3, 0.4) is 0 Å². The predicted molar refractivity (Wildman–Crippen MR) is 94.7 cm³/mol. The van der Waals surface area contributed by atoms with Gasteiger partial charge in [-0.3, -0.25) is 0 Å². The molecule has 2 rings (SSSR count). The highest BCUT2D eigenvalue weighted by atomic mass is 35.5. The summed E-state index contributed by atoms with van der Waals surface area (Å²) in [6.45, 7) is 4.71. The highest BCUT2D eigenvalue weighted by Crippen LogP contribution is 2.33. The summed E-state index contributed by atoms with van der Waals surface area (Å²) in [6, 6.07) is 6.43. The van der Waals surface area contributed by atoms with Crippen LogP contribution in [0.1, 0.15) is 32.4 Å². The van der Waals surface area contributed by atoms with Crippen LogP contribution in [0.5, 0.6) is 0 Å². The minimum Gasteiger partial charge on any atom is -0.388 e. The van der Waals surface area contributed by atoms with Crippen molar-refractivity contribution >= 4 is 44.5 Å². The predicted octanol–water partition coefficient (Wildman–Crippen LogP) is 3.76. The lowest BCUT2D eigenvalue weighted by atomic mass is 10.2. The molecule has 24 heavy (non-hydrogen) atoms. The Morgan fingerprint density at radius 3 is 2.33 bits per heavy atom. The van der Waals surface area contributed by atoms with Crippen LogP contribution in [-0.4, -0.2) is 28.7 Å². The van der Waals surface area contributed by atoms with Gasteiger partial charge in [-0.25, -0.2) is 13.4 Å². The topological polar surface area (TPSA) is 92.2 Å². The van der Waals surface area contributed by atoms with E-state index in [1.54, 1.807) is 32.0 Å². The zero-order chi connectivity index (χ0) is 18.1. The molecule has 130 valence electrons. The van der Waals surface area contributed by atoms with Crippen molar-refractivity contribution in [2.75, 3.05) is 5.32 Å². The van der Waals surface area contributed by atoms with Gasteiger partial charge in [0.25, 0.3) is 0 Å². The fourth-order valence-electron chi connectivity index (χ4n) is 2.08. The molecule has 0 saturated heterocycles. The molecule has 0 amide bonds. The maximum Gasteiger partial charge on any atom is 0.225 e. The molecule has 1 atom stereocenters. The number of nitrogens with zero attached hydrogens (tertiary/aromatic N) is 2. The van der Waals surface area contributed by atoms with Gasteiger partial charge >= 0.3 is 0 Å². The molecule has 0 spiro atoms. The van der Waals surface area contributed by atoms with Gasteiger partial charge in [0.2, 0.25) is 5.28 Å². The third-order valence-corrected chi connectivity index (χ3v) is 6.02. The molecular weight excluding hydrogens is 373 g/mol. The summed E-state index contributed by atoms with van der Waals surface area (Å²) < 4.78 is 25.0. The number of rotatable bonds is 5. The van der Waals surface area contributed by atoms with Crippen molar-refractivity contribution < 1.29 is 13.5 Å². The number of aliphatic hydroxyl groups is 1. The van der Waals surface area contributed by atoms with Crippen molar-refractivity contribution in [3.05, 3.63) is 40.3 Å². The zero-order valence-electron chi connectivity index (χ0n) is 13.3. The second-order valence-corrected chi connectivity index (χ2v) is 8.61. The third kappa shape index (κ3) is 3.80. The van der Waals surface area contributed by atoms with Crippen molar-refractivity contribution in [3.63, 3.8) is 0 Å². The van der Waals surface area contributed by atoms with E-state index in [1.165, 1.54) is 13.0 Å². The largest absolute Gasteiger partial charge is 0.388 e. The van der Waals surface area contributed by atoms with E-state index in [0.29, 0.717) is 5.69 Å². The normalized spacial score (nSPS) is 13.1. The van der Waals surface area contributed by atoms with Crippen molar-refractivity contribution in [1.29, 1.82) is 0 Å². The summed E-state index contributed by atoms with van der Waals surface area (Å²) in [4.78, 5) is 7.95. The van der Waals surface area contributed by atoms with Gasteiger partial charge in [-0.2, -0.15) is 4.98 Å². The average Bonchev–Trinajstić information content (AvgIpc) is 2.46. The molecule has 2 aromatic rings. The van der Waals surface area contributed by atoms with Crippen LogP contribution in [0.4, 0.5) is 11.5 Å². The van der Waals surface area contributed by atoms with Crippen LogP contribution >= 0.6 is 23.2 Å². The molecule has 6 nitrogen and oxygen atoms in total. The van der Waals surface area contributed by atoms with E-state index >= 15 is 0 Å². The third-order valence-electron chi connectivity index (χ3n) is 3.36. The molecule has 1 heterocycles. The van der Waals surface area contributed by atoms with E-state index in [1.807, 2.05) is 0 Å². The maximum absolute atomic E-state index is 12.5. The molecule has 1 unspecified atom stereocenters. The van der Waals surface area contributed by atoms with Crippen LogP contribution in [0.25, 0.3) is 0 Å². The number of anilines is 2. The van der Waals surface area contributed by atoms with Crippen LogP contribution < -0.4 is 5.32 Å². The second-order valence-electron chi connectivity index (χ2n) is 5.44. The molecule has 0 saturated carbocycles. The van der Waals surface area contributed by atoms with Crippen molar-refractivity contribution in [2.45, 2.75) is 37.0 Å². The molecule has 0 fully saturated rings. The summed E-state index contributed by atoms with van der Waals surface area (Å²) in [6.07, 6.45) is -0.967. The SMILES string of the molecule is CC(O)c1c(Cl)nc(Cl)nc1Nc1ccccc1S(=O)(=O)C(C)C. The van der Waals surface area contributed by atoms with Crippen molar-refractivity contribution in [3.8, 4) is 0 Å². The lowest BCUT2D eigenvalue weighted by molar-refractivity contribution is 0.199. The van der Waals surface area contributed by atoms with E-state index in [9.17, 15) is 13.5 Å². The molecule has 1 aromatic heterocycles. The number of halogens is 2. The number of nitrogens with one attached hydrogen (secondary N) is 1. The first-order valence-electron chi connectivity index (χ1n) is 7.15. The Hall–Kier alpha value is -1.41. The summed E-state index contributed by atoms with van der Waals surface area (Å²) in [5.41, 5.74) is 0.553. The van der Waals surface area contributed by atoms with Gasteiger partial charge in [-0.1, -0.05) is 23.7 Å².